The summed E-state index contributed by atoms with van der Waals surface area (Å²) in [7, 11) is 0. The summed E-state index contributed by atoms with van der Waals surface area (Å²) in [5, 5.41) is 11.9. The summed E-state index contributed by atoms with van der Waals surface area (Å²) in [6.45, 7) is 5.64. The number of fused-ring (bicyclic) bond motifs is 2. The molecule has 1 aliphatic carbocycles. The average Bonchev–Trinajstić information content (AvgIpc) is 3.65. The zero-order chi connectivity index (χ0) is 31.2. The molecule has 0 saturated carbocycles. The molecule has 0 bridgehead atoms. The van der Waals surface area contributed by atoms with Gasteiger partial charge in [-0.15, -0.1) is 0 Å². The van der Waals surface area contributed by atoms with E-state index in [1.54, 1.807) is 25.8 Å². The van der Waals surface area contributed by atoms with Crippen LogP contribution in [0.15, 0.2) is 100 Å². The van der Waals surface area contributed by atoms with Crippen molar-refractivity contribution in [2.45, 2.75) is 62.7 Å². The normalized spacial score (nSPS) is 15.2. The van der Waals surface area contributed by atoms with Gasteiger partial charge in [0.15, 0.2) is 0 Å². The molecular formula is C36H32F3NO3S. The van der Waals surface area contributed by atoms with Gasteiger partial charge in [0, 0.05) is 10.9 Å². The van der Waals surface area contributed by atoms with Crippen LogP contribution in [0.1, 0.15) is 60.1 Å². The van der Waals surface area contributed by atoms with E-state index in [1.807, 2.05) is 42.5 Å². The summed E-state index contributed by atoms with van der Waals surface area (Å²) in [6.07, 6.45) is -2.93. The van der Waals surface area contributed by atoms with Gasteiger partial charge in [-0.25, -0.2) is 4.31 Å². The van der Waals surface area contributed by atoms with Gasteiger partial charge in [0.1, 0.15) is 5.76 Å². The monoisotopic (exact) mass is 615 g/mol. The minimum Gasteiger partial charge on any atom is -0.481 e. The summed E-state index contributed by atoms with van der Waals surface area (Å²) in [6, 6.07) is 28.6. The first-order valence-electron chi connectivity index (χ1n) is 14.5. The molecule has 0 radical (unpaired) electrons. The van der Waals surface area contributed by atoms with Crippen molar-refractivity contribution in [2.24, 2.45) is 0 Å². The highest BCUT2D eigenvalue weighted by Crippen LogP contribution is 2.46. The maximum Gasteiger partial charge on any atom is 0.449 e. The summed E-state index contributed by atoms with van der Waals surface area (Å²) in [5.41, 5.74) is 5.04. The number of carboxylic acid groups (broad SMARTS) is 1. The zero-order valence-electron chi connectivity index (χ0n) is 24.6. The Hall–Kier alpha value is -4.01. The number of halogens is 3. The Kier molecular flexibility index (Phi) is 7.84. The largest absolute Gasteiger partial charge is 0.481 e. The van der Waals surface area contributed by atoms with Crippen molar-refractivity contribution in [3.05, 3.63) is 125 Å². The number of aliphatic carboxylic acids is 1. The molecule has 4 nitrogen and oxygen atoms in total. The second-order valence-corrected chi connectivity index (χ2v) is 12.9. The van der Waals surface area contributed by atoms with Crippen LogP contribution in [0.25, 0.3) is 21.9 Å². The van der Waals surface area contributed by atoms with Gasteiger partial charge in [0.05, 0.1) is 12.0 Å². The van der Waals surface area contributed by atoms with Crippen LogP contribution in [0.4, 0.5) is 13.2 Å². The quantitative estimate of drug-likeness (QED) is 0.176. The lowest BCUT2D eigenvalue weighted by Gasteiger charge is -2.29. The van der Waals surface area contributed by atoms with Crippen LogP contribution in [0, 0.1) is 6.92 Å². The van der Waals surface area contributed by atoms with Gasteiger partial charge >= 0.3 is 12.1 Å². The molecule has 8 heteroatoms. The molecule has 4 aromatic carbocycles. The van der Waals surface area contributed by atoms with Gasteiger partial charge < -0.3 is 9.52 Å². The van der Waals surface area contributed by atoms with Gasteiger partial charge in [-0.3, -0.25) is 4.79 Å². The first-order valence-corrected chi connectivity index (χ1v) is 15.2. The van der Waals surface area contributed by atoms with Crippen LogP contribution in [0.5, 0.6) is 0 Å². The Balaban J connectivity index is 1.36. The van der Waals surface area contributed by atoms with Gasteiger partial charge in [-0.1, -0.05) is 78.9 Å². The van der Waals surface area contributed by atoms with Crippen LogP contribution < -0.4 is 0 Å². The Morgan fingerprint density at radius 1 is 0.955 bits per heavy atom. The van der Waals surface area contributed by atoms with E-state index in [9.17, 15) is 23.1 Å². The number of nitrogens with zero attached hydrogens (tertiary/aromatic N) is 1. The van der Waals surface area contributed by atoms with Crippen molar-refractivity contribution in [1.82, 2.24) is 4.31 Å². The highest BCUT2D eigenvalue weighted by atomic mass is 32.2. The van der Waals surface area contributed by atoms with E-state index in [1.165, 1.54) is 11.6 Å². The molecule has 1 aromatic heterocycles. The topological polar surface area (TPSA) is 53.7 Å². The molecule has 0 fully saturated rings. The highest BCUT2D eigenvalue weighted by Gasteiger charge is 2.36. The third-order valence-corrected chi connectivity index (χ3v) is 9.87. The number of furan rings is 1. The standard InChI is InChI=1S/C36H32F3NO3S/c1-22-11-12-23-7-4-5-10-30(23)33(22)44-40(21-28-15-18-32(43-28)36(37,38)39)31-17-14-26-19-25(13-16-29(26)31)24-8-6-9-27(20-24)35(2,3)34(41)42/h4-13,15-16,18-20,31H,14,17,21H2,1-3H3,(H,41,42). The number of aryl methyl sites for hydroxylation is 2. The molecule has 226 valence electrons. The summed E-state index contributed by atoms with van der Waals surface area (Å²) in [4.78, 5) is 12.9. The number of carbonyl (C=O) groups is 1. The number of benzene rings is 4. The van der Waals surface area contributed by atoms with Crippen LogP contribution in [-0.4, -0.2) is 15.4 Å². The number of alkyl halides is 3. The smallest absolute Gasteiger partial charge is 0.449 e. The Morgan fingerprint density at radius 3 is 2.48 bits per heavy atom. The molecule has 44 heavy (non-hydrogen) atoms. The summed E-state index contributed by atoms with van der Waals surface area (Å²) < 4.78 is 47.6. The third-order valence-electron chi connectivity index (χ3n) is 8.53. The van der Waals surface area contributed by atoms with Crippen molar-refractivity contribution in [2.75, 3.05) is 0 Å². The van der Waals surface area contributed by atoms with E-state index in [0.717, 1.165) is 62.4 Å². The van der Waals surface area contributed by atoms with Gasteiger partial charge in [0.25, 0.3) is 0 Å². The maximum absolute atomic E-state index is 13.4. The Bertz CT molecular complexity index is 1860. The van der Waals surface area contributed by atoms with Crippen molar-refractivity contribution in [3.8, 4) is 11.1 Å². The van der Waals surface area contributed by atoms with E-state index in [4.69, 9.17) is 4.42 Å². The minimum absolute atomic E-state index is 0.0564. The number of carboxylic acids is 1. The van der Waals surface area contributed by atoms with Crippen molar-refractivity contribution in [1.29, 1.82) is 0 Å². The van der Waals surface area contributed by atoms with E-state index in [2.05, 4.69) is 47.6 Å². The van der Waals surface area contributed by atoms with E-state index < -0.39 is 23.3 Å². The van der Waals surface area contributed by atoms with Gasteiger partial charge in [0.2, 0.25) is 5.76 Å². The zero-order valence-corrected chi connectivity index (χ0v) is 25.4. The molecule has 1 aliphatic rings. The van der Waals surface area contributed by atoms with Crippen molar-refractivity contribution >= 4 is 28.7 Å². The molecule has 1 unspecified atom stereocenters. The van der Waals surface area contributed by atoms with Crippen LogP contribution >= 0.6 is 11.9 Å². The van der Waals surface area contributed by atoms with Crippen LogP contribution in [0.2, 0.25) is 0 Å². The number of hydrogen-bond donors (Lipinski definition) is 1. The Labute approximate surface area is 258 Å². The third kappa shape index (κ3) is 5.76. The number of rotatable bonds is 8. The Morgan fingerprint density at radius 2 is 1.73 bits per heavy atom. The predicted molar refractivity (Wildman–Crippen MR) is 167 cm³/mol. The predicted octanol–water partition coefficient (Wildman–Crippen LogP) is 9.99. The fraction of sp³-hybridized carbons (Fsp3) is 0.250. The van der Waals surface area contributed by atoms with Crippen LogP contribution in [0.3, 0.4) is 0 Å². The highest BCUT2D eigenvalue weighted by molar-refractivity contribution is 7.97. The van der Waals surface area contributed by atoms with E-state index >= 15 is 0 Å². The van der Waals surface area contributed by atoms with E-state index in [-0.39, 0.29) is 18.3 Å². The molecular weight excluding hydrogens is 583 g/mol. The second-order valence-electron chi connectivity index (χ2n) is 11.8. The molecule has 6 rings (SSSR count). The first kappa shape index (κ1) is 30.0. The van der Waals surface area contributed by atoms with Crippen molar-refractivity contribution < 1.29 is 27.5 Å². The SMILES string of the molecule is Cc1ccc2ccccc2c1SN(Cc1ccc(C(F)(F)F)o1)C1CCc2cc(-c3cccc(C(C)(C)C(=O)O)c3)ccc21. The number of hydrogen-bond acceptors (Lipinski definition) is 4. The second kappa shape index (κ2) is 11.5. The first-order chi connectivity index (χ1) is 20.9. The maximum atomic E-state index is 13.4. The molecule has 0 saturated heterocycles. The molecule has 0 spiro atoms. The fourth-order valence-electron chi connectivity index (χ4n) is 5.85. The van der Waals surface area contributed by atoms with Crippen LogP contribution in [-0.2, 0) is 29.4 Å². The van der Waals surface area contributed by atoms with Gasteiger partial charge in [-0.05, 0) is 102 Å². The molecule has 1 N–H and O–H groups in total. The molecule has 1 heterocycles. The summed E-state index contributed by atoms with van der Waals surface area (Å²) in [5.74, 6) is -1.63. The molecule has 1 atom stereocenters. The average molecular weight is 616 g/mol. The van der Waals surface area contributed by atoms with Gasteiger partial charge in [-0.2, -0.15) is 13.2 Å². The molecule has 0 aliphatic heterocycles. The minimum atomic E-state index is -4.55. The lowest BCUT2D eigenvalue weighted by atomic mass is 9.83. The molecule has 0 amide bonds. The van der Waals surface area contributed by atoms with E-state index in [0.29, 0.717) is 0 Å². The lowest BCUT2D eigenvalue weighted by Crippen LogP contribution is -2.28. The molecule has 5 aromatic rings. The lowest BCUT2D eigenvalue weighted by molar-refractivity contribution is -0.153. The summed E-state index contributed by atoms with van der Waals surface area (Å²) >= 11 is 1.56. The van der Waals surface area contributed by atoms with Crippen molar-refractivity contribution in [3.63, 3.8) is 0 Å². The fourth-order valence-corrected chi connectivity index (χ4v) is 7.12.